The molecule has 384 valence electrons. The molecule has 2 N–H and O–H groups in total. The zero-order valence-electron chi connectivity index (χ0n) is 42.5. The van der Waals surface area contributed by atoms with Crippen molar-refractivity contribution in [3.8, 4) is 0 Å². The van der Waals surface area contributed by atoms with Crippen LogP contribution in [-0.2, 0) is 52.2 Å². The first-order chi connectivity index (χ1) is 32.1. The van der Waals surface area contributed by atoms with Crippen LogP contribution < -0.4 is 0 Å². The molecule has 3 heterocycles. The van der Waals surface area contributed by atoms with Gasteiger partial charge in [-0.1, -0.05) is 82.5 Å². The van der Waals surface area contributed by atoms with E-state index in [9.17, 15) is 38.8 Å². The number of methoxy groups -OCH3 is 3. The number of allylic oxidation sites excluding steroid dienone is 6. The summed E-state index contributed by atoms with van der Waals surface area (Å²) in [5.74, 6) is -7.88. The van der Waals surface area contributed by atoms with E-state index in [2.05, 4.69) is 0 Å². The smallest absolute Gasteiger partial charge is 0.329 e. The molecule has 0 aromatic heterocycles. The number of ketones is 3. The van der Waals surface area contributed by atoms with Crippen molar-refractivity contribution in [1.29, 1.82) is 0 Å². The molecule has 4 aliphatic rings. The molecule has 0 aromatic carbocycles. The summed E-state index contributed by atoms with van der Waals surface area (Å²) in [5.41, 5.74) is 1.27. The van der Waals surface area contributed by atoms with Crippen LogP contribution in [0.3, 0.4) is 0 Å². The Kier molecular flexibility index (Phi) is 23.1. The van der Waals surface area contributed by atoms with Gasteiger partial charge in [-0.3, -0.25) is 19.2 Å². The topological polar surface area (TPSA) is 192 Å². The average molecular weight is 992 g/mol. The number of aliphatic hydroxyl groups excluding tert-OH is 1. The number of hydrogen-bond donors (Lipinski definition) is 2. The van der Waals surface area contributed by atoms with Crippen molar-refractivity contribution in [3.05, 3.63) is 47.6 Å². The summed E-state index contributed by atoms with van der Waals surface area (Å²) in [4.78, 5) is 72.2. The van der Waals surface area contributed by atoms with E-state index in [-0.39, 0.29) is 60.1 Å². The number of cyclic esters (lactones) is 1. The first-order valence-electron chi connectivity index (χ1n) is 24.8. The summed E-state index contributed by atoms with van der Waals surface area (Å²) in [5, 5.41) is 23.6. The van der Waals surface area contributed by atoms with Crippen LogP contribution in [-0.4, -0.2) is 133 Å². The highest BCUT2D eigenvalue weighted by Crippen LogP contribution is 2.46. The number of Topliss-reactive ketones (excluding diaryl/α,β-unsaturated/α-hetero) is 3. The molecule has 16 atom stereocenters. The van der Waals surface area contributed by atoms with Gasteiger partial charge < -0.3 is 43.4 Å². The van der Waals surface area contributed by atoms with Crippen molar-refractivity contribution >= 4 is 47.6 Å². The van der Waals surface area contributed by atoms with Crippen molar-refractivity contribution in [1.82, 2.24) is 4.90 Å². The highest BCUT2D eigenvalue weighted by Gasteiger charge is 2.53. The number of piperidine rings is 1. The lowest BCUT2D eigenvalue weighted by atomic mass is 9.79. The second-order valence-corrected chi connectivity index (χ2v) is 24.4. The lowest BCUT2D eigenvalue weighted by Crippen LogP contribution is -2.61. The van der Waals surface area contributed by atoms with E-state index in [1.165, 1.54) is 23.4 Å². The number of nitrogens with zero attached hydrogens (tertiary/aromatic N) is 1. The highest BCUT2D eigenvalue weighted by molar-refractivity contribution is 8.51. The largest absolute Gasteiger partial charge is 0.460 e. The van der Waals surface area contributed by atoms with Crippen LogP contribution >= 0.6 is 18.4 Å². The summed E-state index contributed by atoms with van der Waals surface area (Å²) in [6.07, 6.45) is 12.6. The molecule has 3 aliphatic heterocycles. The number of fused-ring (bicyclic) bond motifs is 3. The first kappa shape index (κ1) is 57.8. The van der Waals surface area contributed by atoms with Crippen LogP contribution in [0.25, 0.3) is 0 Å². The fraction of sp³-hybridized carbons (Fsp3) is 0.750. The van der Waals surface area contributed by atoms with Crippen molar-refractivity contribution in [2.24, 2.45) is 35.5 Å². The third-order valence-electron chi connectivity index (χ3n) is 14.8. The number of rotatable bonds is 8. The SMILES string of the molecule is CO[C@H]1C[C@@H]2CC[C@@H](C)[C@@](O)(O2)C(=O)C(=O)N2CCCCC2C(=O)O[C@H]([C@H](C)C[C@@H]2CCC(S[PH](C)=O)[C@H](OC)C2)CC(=O)[C@H](C)/C=C(\C)[C@@H](O)[C@@H](OC)C(=O)[C@H](C)C[C@H](C)/C=C/C=C/C=C/1C. The van der Waals surface area contributed by atoms with Crippen molar-refractivity contribution in [2.75, 3.05) is 34.5 Å². The lowest BCUT2D eigenvalue weighted by Gasteiger charge is -2.42. The van der Waals surface area contributed by atoms with Crippen molar-refractivity contribution in [3.63, 3.8) is 0 Å². The molecule has 14 nitrogen and oxygen atoms in total. The molecular formula is C52H82NO13PS. The van der Waals surface area contributed by atoms with Gasteiger partial charge in [0.15, 0.2) is 5.78 Å². The van der Waals surface area contributed by atoms with Crippen molar-refractivity contribution < 1.29 is 62.4 Å². The fourth-order valence-electron chi connectivity index (χ4n) is 10.4. The van der Waals surface area contributed by atoms with Crippen molar-refractivity contribution in [2.45, 2.75) is 179 Å². The van der Waals surface area contributed by atoms with Gasteiger partial charge in [-0.25, -0.2) is 4.79 Å². The first-order valence-corrected chi connectivity index (χ1v) is 28.3. The summed E-state index contributed by atoms with van der Waals surface area (Å²) >= 11 is 1.47. The van der Waals surface area contributed by atoms with Crippen LogP contribution in [0.5, 0.6) is 0 Å². The van der Waals surface area contributed by atoms with E-state index in [4.69, 9.17) is 23.7 Å². The third-order valence-corrected chi connectivity index (χ3v) is 17.8. The van der Waals surface area contributed by atoms with E-state index in [0.29, 0.717) is 56.9 Å². The number of carbonyl (C=O) groups is 5. The molecule has 0 spiro atoms. The molecule has 0 aromatic rings. The molecule has 0 radical (unpaired) electrons. The second-order valence-electron chi connectivity index (χ2n) is 20.2. The van der Waals surface area contributed by atoms with Crippen LogP contribution in [0.2, 0.25) is 0 Å². The van der Waals surface area contributed by atoms with Crippen LogP contribution in [0.1, 0.15) is 126 Å². The Labute approximate surface area is 410 Å². The number of hydrogen-bond acceptors (Lipinski definition) is 14. The zero-order chi connectivity index (χ0) is 50.5. The molecule has 68 heavy (non-hydrogen) atoms. The minimum absolute atomic E-state index is 0.0175. The predicted molar refractivity (Wildman–Crippen MR) is 265 cm³/mol. The monoisotopic (exact) mass is 992 g/mol. The Hall–Kier alpha value is -2.75. The molecular weight excluding hydrogens is 910 g/mol. The van der Waals surface area contributed by atoms with Gasteiger partial charge in [-0.15, -0.1) is 0 Å². The molecule has 1 aliphatic carbocycles. The van der Waals surface area contributed by atoms with Gasteiger partial charge in [0.2, 0.25) is 5.79 Å². The van der Waals surface area contributed by atoms with E-state index in [1.807, 2.05) is 58.1 Å². The molecule has 1 saturated carbocycles. The number of carbonyl (C=O) groups excluding carboxylic acids is 5. The van der Waals surface area contributed by atoms with E-state index in [0.717, 1.165) is 18.4 Å². The van der Waals surface area contributed by atoms with E-state index >= 15 is 0 Å². The average Bonchev–Trinajstić information content (AvgIpc) is 3.30. The summed E-state index contributed by atoms with van der Waals surface area (Å²) in [6.45, 7) is 14.5. The zero-order valence-corrected chi connectivity index (χ0v) is 44.3. The Balaban J connectivity index is 1.70. The Morgan fingerprint density at radius 2 is 1.62 bits per heavy atom. The Bertz CT molecular complexity index is 1890. The number of esters is 1. The van der Waals surface area contributed by atoms with Gasteiger partial charge in [-0.05, 0) is 114 Å². The summed E-state index contributed by atoms with van der Waals surface area (Å²) in [7, 11) is 2.84. The van der Waals surface area contributed by atoms with Gasteiger partial charge in [0.1, 0.15) is 37.1 Å². The molecule has 2 saturated heterocycles. The summed E-state index contributed by atoms with van der Waals surface area (Å²) < 4.78 is 42.0. The maximum Gasteiger partial charge on any atom is 0.329 e. The highest BCUT2D eigenvalue weighted by atomic mass is 32.7. The van der Waals surface area contributed by atoms with E-state index < -0.39 is 84.8 Å². The number of ether oxygens (including phenoxy) is 5. The Morgan fingerprint density at radius 3 is 2.28 bits per heavy atom. The third kappa shape index (κ3) is 15.6. The van der Waals surface area contributed by atoms with Gasteiger partial charge in [0.25, 0.3) is 11.7 Å². The fourth-order valence-corrected chi connectivity index (χ4v) is 13.6. The van der Waals surface area contributed by atoms with Gasteiger partial charge >= 0.3 is 5.97 Å². The minimum Gasteiger partial charge on any atom is -0.460 e. The van der Waals surface area contributed by atoms with E-state index in [1.54, 1.807) is 47.7 Å². The van der Waals surface area contributed by atoms with Gasteiger partial charge in [0, 0.05) is 63.7 Å². The second kappa shape index (κ2) is 27.2. The maximum atomic E-state index is 14.5. The Morgan fingerprint density at radius 1 is 0.897 bits per heavy atom. The summed E-state index contributed by atoms with van der Waals surface area (Å²) in [6, 6.07) is -1.14. The van der Waals surface area contributed by atoms with Crippen LogP contribution in [0.15, 0.2) is 47.6 Å². The molecule has 3 fully saturated rings. The molecule has 1 amide bonds. The van der Waals surface area contributed by atoms with Gasteiger partial charge in [-0.2, -0.15) is 0 Å². The standard InChI is InChI=1S/C52H82NO13PS/c1-31-17-13-12-14-18-32(2)42(62-8)29-39-22-20-37(7)52(60,66-39)49(57)50(58)53-24-16-15-19-40(53)51(59)65-43(34(4)27-38-21-23-45(68-67(11)61)44(28-38)63-9)30-41(54)33(3)26-36(6)47(56)48(64-10)46(55)35(5)25-31/h12-14,17-18,26,31,33-35,37-40,42-45,47-48,56,60,67H,15-16,19-25,27-30H2,1-11H3/b14-12+,17-13+,32-18+,36-26+/t31-,33-,34-,35-,37-,38+,39+,40?,42+,43+,44-,45?,47-,48+,52-/m1/s1. The quantitative estimate of drug-likeness (QED) is 0.103. The minimum atomic E-state index is -2.43. The molecule has 2 bridgehead atoms. The number of aliphatic hydroxyl groups is 2. The maximum absolute atomic E-state index is 14.5. The molecule has 4 rings (SSSR count). The normalized spacial score (nSPS) is 39.6. The van der Waals surface area contributed by atoms with Gasteiger partial charge in [0.05, 0.1) is 18.3 Å². The number of amides is 1. The van der Waals surface area contributed by atoms with Crippen LogP contribution in [0.4, 0.5) is 0 Å². The molecule has 3 unspecified atom stereocenters. The lowest BCUT2D eigenvalue weighted by molar-refractivity contribution is -0.265. The molecule has 16 heteroatoms. The van der Waals surface area contributed by atoms with Crippen LogP contribution in [0, 0.1) is 35.5 Å². The predicted octanol–water partition coefficient (Wildman–Crippen LogP) is 8.03.